The van der Waals surface area contributed by atoms with Crippen molar-refractivity contribution in [2.75, 3.05) is 19.6 Å². The van der Waals surface area contributed by atoms with Crippen LogP contribution in [0.15, 0.2) is 0 Å². The average Bonchev–Trinajstić information content (AvgIpc) is 2.35. The third-order valence-corrected chi connectivity index (χ3v) is 4.06. The number of carbonyl (C=O) groups excluding carboxylic acids is 1. The van der Waals surface area contributed by atoms with Crippen LogP contribution in [0.2, 0.25) is 0 Å². The molecule has 1 unspecified atom stereocenters. The van der Waals surface area contributed by atoms with Gasteiger partial charge in [0.15, 0.2) is 0 Å². The molecule has 3 nitrogen and oxygen atoms in total. The molecule has 0 bridgehead atoms. The summed E-state index contributed by atoms with van der Waals surface area (Å²) < 4.78 is 0. The van der Waals surface area contributed by atoms with E-state index < -0.39 is 0 Å². The Morgan fingerprint density at radius 1 is 1.29 bits per heavy atom. The lowest BCUT2D eigenvalue weighted by Gasteiger charge is -2.35. The second-order valence-corrected chi connectivity index (χ2v) is 5.74. The van der Waals surface area contributed by atoms with Crippen molar-refractivity contribution in [3.8, 4) is 0 Å². The predicted molar refractivity (Wildman–Crippen MR) is 71.6 cm³/mol. The van der Waals surface area contributed by atoms with Crippen molar-refractivity contribution >= 4 is 5.91 Å². The van der Waals surface area contributed by atoms with Crippen LogP contribution in [-0.4, -0.2) is 30.4 Å². The molecule has 3 heteroatoms. The molecule has 0 radical (unpaired) electrons. The fourth-order valence-electron chi connectivity index (χ4n) is 2.65. The summed E-state index contributed by atoms with van der Waals surface area (Å²) in [5.41, 5.74) is 5.48. The van der Waals surface area contributed by atoms with E-state index in [2.05, 4.69) is 18.7 Å². The summed E-state index contributed by atoms with van der Waals surface area (Å²) in [5, 5.41) is 0. The molecular formula is C14H28N2O. The first kappa shape index (κ1) is 14.5. The van der Waals surface area contributed by atoms with Gasteiger partial charge < -0.3 is 10.6 Å². The van der Waals surface area contributed by atoms with Gasteiger partial charge in [0.05, 0.1) is 0 Å². The zero-order valence-electron chi connectivity index (χ0n) is 11.6. The summed E-state index contributed by atoms with van der Waals surface area (Å²) in [6.07, 6.45) is 4.23. The molecule has 0 aromatic carbocycles. The summed E-state index contributed by atoms with van der Waals surface area (Å²) in [7, 11) is 0. The average molecular weight is 240 g/mol. The molecule has 2 N–H and O–H groups in total. The Bertz CT molecular complexity index is 232. The maximum atomic E-state index is 12.2. The number of nitrogens with two attached hydrogens (primary N) is 1. The Hall–Kier alpha value is -0.570. The first-order chi connectivity index (χ1) is 8.06. The first-order valence-electron chi connectivity index (χ1n) is 7.05. The number of hydrogen-bond acceptors (Lipinski definition) is 2. The molecule has 1 rings (SSSR count). The highest BCUT2D eigenvalue weighted by Gasteiger charge is 2.26. The minimum absolute atomic E-state index is 0.147. The topological polar surface area (TPSA) is 46.3 Å². The van der Waals surface area contributed by atoms with Crippen LogP contribution in [0.3, 0.4) is 0 Å². The van der Waals surface area contributed by atoms with Crippen LogP contribution in [0.25, 0.3) is 0 Å². The van der Waals surface area contributed by atoms with Crippen LogP contribution in [0.5, 0.6) is 0 Å². The van der Waals surface area contributed by atoms with E-state index in [9.17, 15) is 4.79 Å². The molecule has 0 aromatic heterocycles. The first-order valence-corrected chi connectivity index (χ1v) is 7.05. The zero-order valence-corrected chi connectivity index (χ0v) is 11.6. The van der Waals surface area contributed by atoms with Crippen molar-refractivity contribution in [1.82, 2.24) is 4.90 Å². The number of carbonyl (C=O) groups is 1. The Balaban J connectivity index is 2.35. The van der Waals surface area contributed by atoms with Crippen LogP contribution >= 0.6 is 0 Å². The predicted octanol–water partition coefficient (Wildman–Crippen LogP) is 2.26. The van der Waals surface area contributed by atoms with Gasteiger partial charge in [-0.1, -0.05) is 20.8 Å². The lowest BCUT2D eigenvalue weighted by molar-refractivity contribution is -0.136. The van der Waals surface area contributed by atoms with Gasteiger partial charge in [-0.05, 0) is 44.1 Å². The van der Waals surface area contributed by atoms with Crippen molar-refractivity contribution in [3.63, 3.8) is 0 Å². The highest BCUT2D eigenvalue weighted by molar-refractivity contribution is 5.78. The van der Waals surface area contributed by atoms with Crippen LogP contribution in [0, 0.1) is 17.8 Å². The van der Waals surface area contributed by atoms with Crippen molar-refractivity contribution in [3.05, 3.63) is 0 Å². The smallest absolute Gasteiger partial charge is 0.225 e. The van der Waals surface area contributed by atoms with Crippen molar-refractivity contribution in [2.24, 2.45) is 23.5 Å². The molecule has 1 saturated heterocycles. The van der Waals surface area contributed by atoms with E-state index in [-0.39, 0.29) is 5.92 Å². The number of amides is 1. The number of nitrogens with zero attached hydrogens (tertiary/aromatic N) is 1. The normalized spacial score (nSPS) is 19.7. The third-order valence-electron chi connectivity index (χ3n) is 4.06. The summed E-state index contributed by atoms with van der Waals surface area (Å²) >= 11 is 0. The minimum Gasteiger partial charge on any atom is -0.342 e. The monoisotopic (exact) mass is 240 g/mol. The maximum Gasteiger partial charge on any atom is 0.225 e. The van der Waals surface area contributed by atoms with E-state index in [4.69, 9.17) is 5.73 Å². The molecule has 1 amide bonds. The minimum atomic E-state index is 0.147. The highest BCUT2D eigenvalue weighted by atomic mass is 16.2. The van der Waals surface area contributed by atoms with Gasteiger partial charge in [0, 0.05) is 19.0 Å². The molecule has 0 saturated carbocycles. The quantitative estimate of drug-likeness (QED) is 0.801. The van der Waals surface area contributed by atoms with Gasteiger partial charge in [-0.3, -0.25) is 4.79 Å². The van der Waals surface area contributed by atoms with Crippen molar-refractivity contribution in [1.29, 1.82) is 0 Å². The van der Waals surface area contributed by atoms with Crippen LogP contribution < -0.4 is 5.73 Å². The summed E-state index contributed by atoms with van der Waals surface area (Å²) in [5.74, 6) is 2.04. The van der Waals surface area contributed by atoms with Crippen molar-refractivity contribution < 1.29 is 4.79 Å². The molecule has 1 fully saturated rings. The van der Waals surface area contributed by atoms with Gasteiger partial charge in [0.2, 0.25) is 5.91 Å². The maximum absolute atomic E-state index is 12.2. The van der Waals surface area contributed by atoms with E-state index >= 15 is 0 Å². The Labute approximate surface area is 106 Å². The Morgan fingerprint density at radius 3 is 2.35 bits per heavy atom. The van der Waals surface area contributed by atoms with Crippen LogP contribution in [0.4, 0.5) is 0 Å². The second-order valence-electron chi connectivity index (χ2n) is 5.74. The Morgan fingerprint density at radius 2 is 1.88 bits per heavy atom. The molecule has 17 heavy (non-hydrogen) atoms. The molecule has 1 aliphatic rings. The van der Waals surface area contributed by atoms with E-state index in [1.807, 2.05) is 6.92 Å². The lowest BCUT2D eigenvalue weighted by Crippen LogP contribution is -2.42. The number of piperidine rings is 1. The lowest BCUT2D eigenvalue weighted by atomic mass is 9.86. The van der Waals surface area contributed by atoms with Gasteiger partial charge in [0.1, 0.15) is 0 Å². The second kappa shape index (κ2) is 7.00. The SMILES string of the molecule is CC(CCCN)C(=O)N1CCC(C(C)C)CC1. The van der Waals surface area contributed by atoms with E-state index in [0.29, 0.717) is 12.5 Å². The van der Waals surface area contributed by atoms with E-state index in [1.54, 1.807) is 0 Å². The summed E-state index contributed by atoms with van der Waals surface area (Å²) in [6.45, 7) is 9.20. The fraction of sp³-hybridized carbons (Fsp3) is 0.929. The van der Waals surface area contributed by atoms with E-state index in [0.717, 1.165) is 37.8 Å². The summed E-state index contributed by atoms with van der Waals surface area (Å²) in [4.78, 5) is 14.2. The van der Waals surface area contributed by atoms with Gasteiger partial charge in [0.25, 0.3) is 0 Å². The van der Waals surface area contributed by atoms with Gasteiger partial charge in [-0.15, -0.1) is 0 Å². The molecule has 1 aliphatic heterocycles. The zero-order chi connectivity index (χ0) is 12.8. The number of likely N-dealkylation sites (tertiary alicyclic amines) is 1. The molecule has 1 heterocycles. The number of rotatable bonds is 5. The summed E-state index contributed by atoms with van der Waals surface area (Å²) in [6, 6.07) is 0. The Kier molecular flexibility index (Phi) is 5.96. The molecule has 0 aliphatic carbocycles. The van der Waals surface area contributed by atoms with Gasteiger partial charge in [-0.25, -0.2) is 0 Å². The van der Waals surface area contributed by atoms with Crippen LogP contribution in [-0.2, 0) is 4.79 Å². The molecule has 100 valence electrons. The largest absolute Gasteiger partial charge is 0.342 e. The van der Waals surface area contributed by atoms with Gasteiger partial charge in [-0.2, -0.15) is 0 Å². The van der Waals surface area contributed by atoms with E-state index in [1.165, 1.54) is 12.8 Å². The molecule has 1 atom stereocenters. The molecule has 0 spiro atoms. The highest BCUT2D eigenvalue weighted by Crippen LogP contribution is 2.25. The molecule has 0 aromatic rings. The molecular weight excluding hydrogens is 212 g/mol. The third kappa shape index (κ3) is 4.30. The van der Waals surface area contributed by atoms with Crippen LogP contribution in [0.1, 0.15) is 46.5 Å². The van der Waals surface area contributed by atoms with Gasteiger partial charge >= 0.3 is 0 Å². The number of hydrogen-bond donors (Lipinski definition) is 1. The standard InChI is InChI=1S/C14H28N2O/c1-11(2)13-6-9-16(10-7-13)14(17)12(3)5-4-8-15/h11-13H,4-10,15H2,1-3H3. The van der Waals surface area contributed by atoms with Crippen molar-refractivity contribution in [2.45, 2.75) is 46.5 Å². The fourth-order valence-corrected chi connectivity index (χ4v) is 2.65.